The van der Waals surface area contributed by atoms with Crippen LogP contribution in [-0.4, -0.2) is 63.4 Å². The van der Waals surface area contributed by atoms with Gasteiger partial charge in [0.25, 0.3) is 0 Å². The third-order valence-electron chi connectivity index (χ3n) is 4.06. The topological polar surface area (TPSA) is 101 Å². The molecular formula is C12H22N2O5S2. The minimum absolute atomic E-state index is 0.0199. The second kappa shape index (κ2) is 6.21. The fraction of sp³-hybridized carbons (Fsp3) is 0.917. The number of amides is 1. The molecule has 0 aromatic carbocycles. The van der Waals surface area contributed by atoms with Crippen LogP contribution in [0.3, 0.4) is 0 Å². The first-order chi connectivity index (χ1) is 9.67. The molecule has 2 aliphatic rings. The first-order valence-electron chi connectivity index (χ1n) is 7.14. The van der Waals surface area contributed by atoms with Gasteiger partial charge in [0.15, 0.2) is 9.84 Å². The molecule has 1 heterocycles. The van der Waals surface area contributed by atoms with E-state index in [2.05, 4.69) is 5.32 Å². The van der Waals surface area contributed by atoms with Crippen LogP contribution in [0, 0.1) is 0 Å². The van der Waals surface area contributed by atoms with E-state index in [1.54, 1.807) is 0 Å². The molecule has 21 heavy (non-hydrogen) atoms. The molecule has 1 aliphatic heterocycles. The Morgan fingerprint density at radius 3 is 2.33 bits per heavy atom. The number of hydrogen-bond donors (Lipinski definition) is 1. The van der Waals surface area contributed by atoms with Gasteiger partial charge in [-0.2, -0.15) is 4.31 Å². The van der Waals surface area contributed by atoms with Gasteiger partial charge in [-0.15, -0.1) is 0 Å². The van der Waals surface area contributed by atoms with Crippen molar-refractivity contribution in [2.75, 3.05) is 24.3 Å². The molecule has 0 aromatic rings. The number of sulfonamides is 1. The van der Waals surface area contributed by atoms with Crippen LogP contribution in [0.25, 0.3) is 0 Å². The second-order valence-corrected chi connectivity index (χ2v) is 10.1. The minimum atomic E-state index is -3.62. The van der Waals surface area contributed by atoms with Crippen molar-refractivity contribution in [1.82, 2.24) is 9.62 Å². The molecule has 2 fully saturated rings. The Balaban J connectivity index is 2.02. The van der Waals surface area contributed by atoms with E-state index in [0.29, 0.717) is 0 Å². The van der Waals surface area contributed by atoms with E-state index in [9.17, 15) is 21.6 Å². The predicted molar refractivity (Wildman–Crippen MR) is 79.0 cm³/mol. The van der Waals surface area contributed by atoms with Crippen molar-refractivity contribution in [3.05, 3.63) is 0 Å². The van der Waals surface area contributed by atoms with Crippen molar-refractivity contribution in [3.63, 3.8) is 0 Å². The number of carbonyl (C=O) groups is 1. The Kier molecular flexibility index (Phi) is 4.94. The first-order valence-corrected chi connectivity index (χ1v) is 10.8. The number of hydrogen-bond acceptors (Lipinski definition) is 5. The monoisotopic (exact) mass is 338 g/mol. The molecule has 0 spiro atoms. The van der Waals surface area contributed by atoms with Crippen LogP contribution in [0.15, 0.2) is 0 Å². The van der Waals surface area contributed by atoms with Crippen molar-refractivity contribution in [2.24, 2.45) is 0 Å². The van der Waals surface area contributed by atoms with Gasteiger partial charge in [-0.25, -0.2) is 16.8 Å². The van der Waals surface area contributed by atoms with Gasteiger partial charge in [-0.3, -0.25) is 4.79 Å². The van der Waals surface area contributed by atoms with Gasteiger partial charge >= 0.3 is 0 Å². The van der Waals surface area contributed by atoms with Crippen molar-refractivity contribution >= 4 is 25.8 Å². The maximum atomic E-state index is 12.0. The van der Waals surface area contributed by atoms with Crippen LogP contribution >= 0.6 is 0 Å². The Labute approximate surface area is 126 Å². The standard InChI is InChI=1S/C12H22N2O5S2/c1-20(16,17)14(11-6-7-21(18,19)9-11)8-12(15)13-10-4-2-3-5-10/h10-11H,2-9H2,1H3,(H,13,15). The molecule has 2 rings (SSSR count). The fourth-order valence-corrected chi connectivity index (χ4v) is 5.90. The molecule has 0 aromatic heterocycles. The Morgan fingerprint density at radius 1 is 1.24 bits per heavy atom. The second-order valence-electron chi connectivity index (χ2n) is 5.91. The van der Waals surface area contributed by atoms with Gasteiger partial charge in [0.05, 0.1) is 24.3 Å². The summed E-state index contributed by atoms with van der Waals surface area (Å²) in [5, 5.41) is 2.83. The van der Waals surface area contributed by atoms with Crippen molar-refractivity contribution in [1.29, 1.82) is 0 Å². The number of nitrogens with zero attached hydrogens (tertiary/aromatic N) is 1. The highest BCUT2D eigenvalue weighted by molar-refractivity contribution is 7.92. The molecule has 7 nitrogen and oxygen atoms in total. The summed E-state index contributed by atoms with van der Waals surface area (Å²) in [6.45, 7) is -0.296. The number of sulfone groups is 1. The predicted octanol–water partition coefficient (Wildman–Crippen LogP) is -0.506. The van der Waals surface area contributed by atoms with E-state index in [1.807, 2.05) is 0 Å². The van der Waals surface area contributed by atoms with Crippen LogP contribution < -0.4 is 5.32 Å². The van der Waals surface area contributed by atoms with Gasteiger partial charge in [-0.05, 0) is 19.3 Å². The average Bonchev–Trinajstić information content (AvgIpc) is 2.94. The molecule has 1 saturated carbocycles. The summed E-state index contributed by atoms with van der Waals surface area (Å²) in [7, 11) is -6.82. The smallest absolute Gasteiger partial charge is 0.235 e. The molecule has 0 bridgehead atoms. The maximum Gasteiger partial charge on any atom is 0.235 e. The lowest BCUT2D eigenvalue weighted by Gasteiger charge is -2.25. The number of rotatable bonds is 5. The van der Waals surface area contributed by atoms with Crippen LogP contribution in [0.1, 0.15) is 32.1 Å². The van der Waals surface area contributed by atoms with E-state index >= 15 is 0 Å². The van der Waals surface area contributed by atoms with Gasteiger partial charge in [0.2, 0.25) is 15.9 Å². The van der Waals surface area contributed by atoms with Gasteiger partial charge in [0, 0.05) is 12.1 Å². The van der Waals surface area contributed by atoms with E-state index in [4.69, 9.17) is 0 Å². The third-order valence-corrected chi connectivity index (χ3v) is 7.09. The van der Waals surface area contributed by atoms with E-state index in [0.717, 1.165) is 36.2 Å². The molecule has 1 atom stereocenters. The van der Waals surface area contributed by atoms with Gasteiger partial charge in [0.1, 0.15) is 0 Å². The zero-order chi connectivity index (χ0) is 15.7. The van der Waals surface area contributed by atoms with Crippen LogP contribution in [0.4, 0.5) is 0 Å². The summed E-state index contributed by atoms with van der Waals surface area (Å²) in [6.07, 6.45) is 5.25. The SMILES string of the molecule is CS(=O)(=O)N(CC(=O)NC1CCCC1)C1CCS(=O)(=O)C1. The lowest BCUT2D eigenvalue weighted by molar-refractivity contribution is -0.122. The molecule has 1 aliphatic carbocycles. The van der Waals surface area contributed by atoms with Crippen molar-refractivity contribution in [3.8, 4) is 0 Å². The quantitative estimate of drug-likeness (QED) is 0.728. The maximum absolute atomic E-state index is 12.0. The van der Waals surface area contributed by atoms with Crippen molar-refractivity contribution < 1.29 is 21.6 Å². The highest BCUT2D eigenvalue weighted by Crippen LogP contribution is 2.21. The third kappa shape index (κ3) is 4.65. The molecule has 9 heteroatoms. The molecule has 122 valence electrons. The molecular weight excluding hydrogens is 316 g/mol. The first kappa shape index (κ1) is 16.7. The minimum Gasteiger partial charge on any atom is -0.352 e. The lowest BCUT2D eigenvalue weighted by Crippen LogP contribution is -2.48. The molecule has 1 N–H and O–H groups in total. The Bertz CT molecular complexity index is 593. The summed E-state index contributed by atoms with van der Waals surface area (Å²) >= 11 is 0. The molecule has 1 saturated heterocycles. The highest BCUT2D eigenvalue weighted by atomic mass is 32.2. The largest absolute Gasteiger partial charge is 0.352 e. The summed E-state index contributed by atoms with van der Waals surface area (Å²) in [6, 6.07) is -0.509. The van der Waals surface area contributed by atoms with Gasteiger partial charge in [-0.1, -0.05) is 12.8 Å². The average molecular weight is 338 g/mol. The summed E-state index contributed by atoms with van der Waals surface area (Å²) in [5.74, 6) is -0.568. The zero-order valence-electron chi connectivity index (χ0n) is 12.1. The van der Waals surface area contributed by atoms with Gasteiger partial charge < -0.3 is 5.32 Å². The molecule has 0 radical (unpaired) electrons. The Morgan fingerprint density at radius 2 is 1.86 bits per heavy atom. The molecule has 1 amide bonds. The van der Waals surface area contributed by atoms with Crippen LogP contribution in [-0.2, 0) is 24.7 Å². The summed E-state index contributed by atoms with van der Waals surface area (Å²) < 4.78 is 47.8. The number of nitrogens with one attached hydrogen (secondary N) is 1. The van der Waals surface area contributed by atoms with Crippen LogP contribution in [0.2, 0.25) is 0 Å². The number of carbonyl (C=O) groups excluding carboxylic acids is 1. The molecule has 1 unspecified atom stereocenters. The lowest BCUT2D eigenvalue weighted by atomic mass is 10.2. The summed E-state index contributed by atoms with van der Waals surface area (Å²) in [5.41, 5.74) is 0. The highest BCUT2D eigenvalue weighted by Gasteiger charge is 2.37. The fourth-order valence-electron chi connectivity index (χ4n) is 3.00. The van der Waals surface area contributed by atoms with Crippen LogP contribution in [0.5, 0.6) is 0 Å². The summed E-state index contributed by atoms with van der Waals surface area (Å²) in [4.78, 5) is 12.0. The Hall–Kier alpha value is -0.670. The van der Waals surface area contributed by atoms with E-state index in [1.165, 1.54) is 0 Å². The normalized spacial score (nSPS) is 26.3. The zero-order valence-corrected chi connectivity index (χ0v) is 13.7. The van der Waals surface area contributed by atoms with Crippen molar-refractivity contribution in [2.45, 2.75) is 44.2 Å². The van der Waals surface area contributed by atoms with E-state index < -0.39 is 25.9 Å². The van der Waals surface area contributed by atoms with E-state index in [-0.39, 0.29) is 36.4 Å².